The van der Waals surface area contributed by atoms with E-state index in [0.29, 0.717) is 18.3 Å². The minimum atomic E-state index is -0.224. The molecule has 0 radical (unpaired) electrons. The second-order valence-electron chi connectivity index (χ2n) is 4.48. The zero-order valence-electron chi connectivity index (χ0n) is 8.04. The van der Waals surface area contributed by atoms with Gasteiger partial charge in [0.25, 0.3) is 0 Å². The highest BCUT2D eigenvalue weighted by Crippen LogP contribution is 2.61. The van der Waals surface area contributed by atoms with E-state index in [1.54, 1.807) is 0 Å². The molecule has 12 heavy (non-hydrogen) atoms. The standard InChI is InChI=1S/C10H17NO/c1-7(12)6-9-8(4-5-11)10(9,2)3/h7-9,12H,4,6H2,1-3H3. The summed E-state index contributed by atoms with van der Waals surface area (Å²) in [5.74, 6) is 1.06. The Morgan fingerprint density at radius 1 is 1.50 bits per heavy atom. The van der Waals surface area contributed by atoms with E-state index >= 15 is 0 Å². The topological polar surface area (TPSA) is 44.0 Å². The number of hydrogen-bond acceptors (Lipinski definition) is 2. The molecular formula is C10H17NO. The molecule has 2 nitrogen and oxygen atoms in total. The van der Waals surface area contributed by atoms with Gasteiger partial charge in [0.15, 0.2) is 0 Å². The van der Waals surface area contributed by atoms with Crippen LogP contribution in [0.2, 0.25) is 0 Å². The van der Waals surface area contributed by atoms with Crippen LogP contribution in [0.15, 0.2) is 0 Å². The quantitative estimate of drug-likeness (QED) is 0.698. The van der Waals surface area contributed by atoms with Crippen molar-refractivity contribution in [3.63, 3.8) is 0 Å². The summed E-state index contributed by atoms with van der Waals surface area (Å²) in [4.78, 5) is 0. The minimum absolute atomic E-state index is 0.224. The normalized spacial score (nSPS) is 33.9. The predicted molar refractivity (Wildman–Crippen MR) is 47.3 cm³/mol. The molecule has 1 N–H and O–H groups in total. The van der Waals surface area contributed by atoms with Crippen molar-refractivity contribution < 1.29 is 5.11 Å². The van der Waals surface area contributed by atoms with Crippen LogP contribution in [0.25, 0.3) is 0 Å². The molecule has 0 aromatic carbocycles. The van der Waals surface area contributed by atoms with Crippen LogP contribution in [0, 0.1) is 28.6 Å². The van der Waals surface area contributed by atoms with Crippen molar-refractivity contribution in [3.05, 3.63) is 0 Å². The molecule has 2 heteroatoms. The van der Waals surface area contributed by atoms with Crippen LogP contribution in [-0.2, 0) is 0 Å². The summed E-state index contributed by atoms with van der Waals surface area (Å²) in [7, 11) is 0. The Hall–Kier alpha value is -0.550. The van der Waals surface area contributed by atoms with Crippen LogP contribution in [0.4, 0.5) is 0 Å². The van der Waals surface area contributed by atoms with Crippen LogP contribution >= 0.6 is 0 Å². The fraction of sp³-hybridized carbons (Fsp3) is 0.900. The van der Waals surface area contributed by atoms with Crippen molar-refractivity contribution in [1.29, 1.82) is 5.26 Å². The van der Waals surface area contributed by atoms with E-state index in [2.05, 4.69) is 19.9 Å². The van der Waals surface area contributed by atoms with Crippen LogP contribution in [0.5, 0.6) is 0 Å². The number of aliphatic hydroxyl groups is 1. The van der Waals surface area contributed by atoms with Gasteiger partial charge in [-0.15, -0.1) is 0 Å². The number of hydrogen-bond donors (Lipinski definition) is 1. The molecule has 1 aliphatic carbocycles. The van der Waals surface area contributed by atoms with E-state index in [1.165, 1.54) is 0 Å². The van der Waals surface area contributed by atoms with E-state index < -0.39 is 0 Å². The molecule has 1 fully saturated rings. The van der Waals surface area contributed by atoms with E-state index in [9.17, 15) is 5.11 Å². The van der Waals surface area contributed by atoms with Crippen molar-refractivity contribution in [3.8, 4) is 6.07 Å². The van der Waals surface area contributed by atoms with Crippen molar-refractivity contribution in [2.24, 2.45) is 17.3 Å². The van der Waals surface area contributed by atoms with Crippen LogP contribution in [0.3, 0.4) is 0 Å². The fourth-order valence-corrected chi connectivity index (χ4v) is 2.20. The molecule has 0 heterocycles. The Morgan fingerprint density at radius 2 is 2.08 bits per heavy atom. The molecule has 1 rings (SSSR count). The minimum Gasteiger partial charge on any atom is -0.393 e. The third kappa shape index (κ3) is 1.61. The van der Waals surface area contributed by atoms with E-state index in [-0.39, 0.29) is 11.5 Å². The average Bonchev–Trinajstić information content (AvgIpc) is 2.39. The van der Waals surface area contributed by atoms with Crippen molar-refractivity contribution in [2.75, 3.05) is 0 Å². The number of rotatable bonds is 3. The van der Waals surface area contributed by atoms with Gasteiger partial charge in [-0.25, -0.2) is 0 Å². The van der Waals surface area contributed by atoms with Gasteiger partial charge in [0.2, 0.25) is 0 Å². The Morgan fingerprint density at radius 3 is 2.50 bits per heavy atom. The Kier molecular flexibility index (Phi) is 2.44. The molecule has 0 saturated heterocycles. The average molecular weight is 167 g/mol. The molecular weight excluding hydrogens is 150 g/mol. The highest BCUT2D eigenvalue weighted by molar-refractivity contribution is 5.07. The molecule has 1 saturated carbocycles. The summed E-state index contributed by atoms with van der Waals surface area (Å²) in [6, 6.07) is 2.21. The summed E-state index contributed by atoms with van der Waals surface area (Å²) in [5.41, 5.74) is 0.284. The van der Waals surface area contributed by atoms with E-state index in [4.69, 9.17) is 5.26 Å². The molecule has 0 aromatic heterocycles. The van der Waals surface area contributed by atoms with Gasteiger partial charge in [0.05, 0.1) is 12.2 Å². The summed E-state index contributed by atoms with van der Waals surface area (Å²) in [6.07, 6.45) is 1.27. The van der Waals surface area contributed by atoms with Gasteiger partial charge >= 0.3 is 0 Å². The van der Waals surface area contributed by atoms with Gasteiger partial charge < -0.3 is 5.11 Å². The third-order valence-electron chi connectivity index (χ3n) is 3.19. The van der Waals surface area contributed by atoms with Gasteiger partial charge in [0.1, 0.15) is 0 Å². The second kappa shape index (κ2) is 3.06. The molecule has 0 aliphatic heterocycles. The maximum Gasteiger partial charge on any atom is 0.0624 e. The molecule has 0 bridgehead atoms. The zero-order valence-corrected chi connectivity index (χ0v) is 8.04. The smallest absolute Gasteiger partial charge is 0.0624 e. The summed E-state index contributed by atoms with van der Waals surface area (Å²) >= 11 is 0. The summed E-state index contributed by atoms with van der Waals surface area (Å²) in [5, 5.41) is 17.7. The van der Waals surface area contributed by atoms with Gasteiger partial charge in [-0.1, -0.05) is 13.8 Å². The molecule has 0 aromatic rings. The lowest BCUT2D eigenvalue weighted by Gasteiger charge is -2.04. The molecule has 0 spiro atoms. The molecule has 1 aliphatic rings. The van der Waals surface area contributed by atoms with Gasteiger partial charge in [-0.05, 0) is 30.6 Å². The first kappa shape index (κ1) is 9.54. The van der Waals surface area contributed by atoms with E-state index in [0.717, 1.165) is 6.42 Å². The Bertz CT molecular complexity index is 202. The van der Waals surface area contributed by atoms with Gasteiger partial charge in [-0.2, -0.15) is 5.26 Å². The largest absolute Gasteiger partial charge is 0.393 e. The monoisotopic (exact) mass is 167 g/mol. The highest BCUT2D eigenvalue weighted by Gasteiger charge is 2.56. The summed E-state index contributed by atoms with van der Waals surface area (Å²) in [6.45, 7) is 6.18. The molecule has 0 amide bonds. The Labute approximate surface area is 74.2 Å². The molecule has 3 unspecified atom stereocenters. The maximum absolute atomic E-state index is 9.20. The van der Waals surface area contributed by atoms with Crippen molar-refractivity contribution in [2.45, 2.75) is 39.7 Å². The first-order chi connectivity index (χ1) is 5.50. The molecule has 3 atom stereocenters. The lowest BCUT2D eigenvalue weighted by molar-refractivity contribution is 0.170. The maximum atomic E-state index is 9.20. The fourth-order valence-electron chi connectivity index (χ4n) is 2.20. The number of aliphatic hydroxyl groups excluding tert-OH is 1. The van der Waals surface area contributed by atoms with Gasteiger partial charge in [0, 0.05) is 6.42 Å². The third-order valence-corrected chi connectivity index (χ3v) is 3.19. The predicted octanol–water partition coefficient (Wildman–Crippen LogP) is 1.94. The summed E-state index contributed by atoms with van der Waals surface area (Å²) < 4.78 is 0. The lowest BCUT2D eigenvalue weighted by atomic mass is 10.1. The first-order valence-electron chi connectivity index (χ1n) is 4.55. The number of nitrogens with zero attached hydrogens (tertiary/aromatic N) is 1. The lowest BCUT2D eigenvalue weighted by Crippen LogP contribution is -2.03. The first-order valence-corrected chi connectivity index (χ1v) is 4.55. The number of nitriles is 1. The van der Waals surface area contributed by atoms with Gasteiger partial charge in [-0.3, -0.25) is 0 Å². The SMILES string of the molecule is CC(O)CC1C(CC#N)C1(C)C. The Balaban J connectivity index is 2.44. The van der Waals surface area contributed by atoms with Crippen molar-refractivity contribution >= 4 is 0 Å². The van der Waals surface area contributed by atoms with E-state index in [1.807, 2.05) is 6.92 Å². The van der Waals surface area contributed by atoms with Crippen LogP contribution in [0.1, 0.15) is 33.6 Å². The van der Waals surface area contributed by atoms with Crippen LogP contribution < -0.4 is 0 Å². The highest BCUT2D eigenvalue weighted by atomic mass is 16.3. The molecule has 68 valence electrons. The van der Waals surface area contributed by atoms with Crippen LogP contribution in [-0.4, -0.2) is 11.2 Å². The zero-order chi connectivity index (χ0) is 9.35. The van der Waals surface area contributed by atoms with Crippen molar-refractivity contribution in [1.82, 2.24) is 0 Å². The second-order valence-corrected chi connectivity index (χ2v) is 4.48.